The highest BCUT2D eigenvalue weighted by molar-refractivity contribution is 5.95. The van der Waals surface area contributed by atoms with Crippen molar-refractivity contribution < 1.29 is 18.7 Å². The molecule has 0 fully saturated rings. The van der Waals surface area contributed by atoms with Crippen molar-refractivity contribution in [3.63, 3.8) is 0 Å². The fourth-order valence-corrected chi connectivity index (χ4v) is 3.21. The number of hydrogen-bond acceptors (Lipinski definition) is 5. The predicted molar refractivity (Wildman–Crippen MR) is 98.0 cm³/mol. The number of carbonyl (C=O) groups is 2. The van der Waals surface area contributed by atoms with E-state index in [1.54, 1.807) is 23.1 Å². The van der Waals surface area contributed by atoms with Crippen molar-refractivity contribution in [1.82, 2.24) is 20.1 Å². The van der Waals surface area contributed by atoms with Gasteiger partial charge in [0.2, 0.25) is 0 Å². The van der Waals surface area contributed by atoms with E-state index in [0.29, 0.717) is 36.5 Å². The highest BCUT2D eigenvalue weighted by Gasteiger charge is 2.25. The molecule has 0 bridgehead atoms. The molecule has 1 aromatic carbocycles. The van der Waals surface area contributed by atoms with Crippen molar-refractivity contribution >= 4 is 11.9 Å². The minimum absolute atomic E-state index is 0.218. The van der Waals surface area contributed by atoms with Crippen molar-refractivity contribution in [2.24, 2.45) is 0 Å². The third-order valence-corrected chi connectivity index (χ3v) is 4.67. The molecular formula is C20H17FN4O3. The minimum atomic E-state index is -0.530. The number of halogens is 1. The van der Waals surface area contributed by atoms with Crippen LogP contribution in [0.4, 0.5) is 4.39 Å². The Morgan fingerprint density at radius 1 is 1.14 bits per heavy atom. The fraction of sp³-hybridized carbons (Fsp3) is 0.200. The second-order valence-electron chi connectivity index (χ2n) is 6.47. The summed E-state index contributed by atoms with van der Waals surface area (Å²) in [6.45, 7) is 0.852. The first kappa shape index (κ1) is 17.8. The van der Waals surface area contributed by atoms with Gasteiger partial charge >= 0.3 is 5.97 Å². The smallest absolute Gasteiger partial charge is 0.354 e. The van der Waals surface area contributed by atoms with Gasteiger partial charge in [0, 0.05) is 25.1 Å². The molecule has 4 rings (SSSR count). The number of nitrogens with zero attached hydrogens (tertiary/aromatic N) is 3. The molecule has 0 aliphatic carbocycles. The van der Waals surface area contributed by atoms with Crippen molar-refractivity contribution in [3.05, 3.63) is 70.9 Å². The summed E-state index contributed by atoms with van der Waals surface area (Å²) >= 11 is 0. The molecule has 1 aliphatic rings. The minimum Gasteiger partial charge on any atom is -0.464 e. The van der Waals surface area contributed by atoms with Crippen LogP contribution >= 0.6 is 0 Å². The molecule has 3 heterocycles. The first-order valence-corrected chi connectivity index (χ1v) is 8.73. The van der Waals surface area contributed by atoms with Crippen LogP contribution in [0.2, 0.25) is 0 Å². The highest BCUT2D eigenvalue weighted by atomic mass is 19.1. The molecule has 1 N–H and O–H groups in total. The number of nitrogens with one attached hydrogen (secondary N) is 1. The second kappa shape index (κ2) is 7.22. The van der Waals surface area contributed by atoms with Crippen molar-refractivity contribution in [1.29, 1.82) is 0 Å². The Kier molecular flexibility index (Phi) is 4.60. The van der Waals surface area contributed by atoms with Crippen molar-refractivity contribution in [3.8, 4) is 11.3 Å². The van der Waals surface area contributed by atoms with Crippen LogP contribution in [-0.4, -0.2) is 45.6 Å². The molecule has 28 heavy (non-hydrogen) atoms. The first-order valence-electron chi connectivity index (χ1n) is 8.73. The number of aromatic amines is 1. The maximum atomic E-state index is 13.5. The number of aromatic nitrogens is 3. The number of H-pyrrole nitrogens is 1. The van der Waals surface area contributed by atoms with Crippen molar-refractivity contribution in [2.75, 3.05) is 13.7 Å². The average molecular weight is 380 g/mol. The Bertz CT molecular complexity index is 1060. The zero-order chi connectivity index (χ0) is 19.7. The Morgan fingerprint density at radius 3 is 2.75 bits per heavy atom. The standard InChI is InChI=1S/C20H17FN4O3/c1-28-20(27)17-6-5-16(22-17)19(26)25-8-7-15-13(11-25)10-18(24-23-15)12-3-2-4-14(21)9-12/h2-6,9-10,22H,7-8,11H2,1H3. The van der Waals surface area contributed by atoms with Gasteiger partial charge in [-0.1, -0.05) is 12.1 Å². The third kappa shape index (κ3) is 3.36. The van der Waals surface area contributed by atoms with E-state index in [9.17, 15) is 14.0 Å². The summed E-state index contributed by atoms with van der Waals surface area (Å²) in [5.74, 6) is -1.09. The average Bonchev–Trinajstić information content (AvgIpc) is 3.22. The van der Waals surface area contributed by atoms with E-state index < -0.39 is 5.97 Å². The molecular weight excluding hydrogens is 363 g/mol. The van der Waals surface area contributed by atoms with Crippen LogP contribution < -0.4 is 0 Å². The van der Waals surface area contributed by atoms with E-state index in [-0.39, 0.29) is 17.4 Å². The van der Waals surface area contributed by atoms with Gasteiger partial charge in [-0.15, -0.1) is 0 Å². The van der Waals surface area contributed by atoms with Gasteiger partial charge in [-0.3, -0.25) is 4.79 Å². The third-order valence-electron chi connectivity index (χ3n) is 4.67. The van der Waals surface area contributed by atoms with Gasteiger partial charge in [0.15, 0.2) is 0 Å². The van der Waals surface area contributed by atoms with E-state index in [0.717, 1.165) is 11.3 Å². The van der Waals surface area contributed by atoms with E-state index in [1.807, 2.05) is 6.07 Å². The molecule has 3 aromatic rings. The lowest BCUT2D eigenvalue weighted by atomic mass is 10.0. The molecule has 1 amide bonds. The number of esters is 1. The lowest BCUT2D eigenvalue weighted by molar-refractivity contribution is 0.0594. The molecule has 2 aromatic heterocycles. The van der Waals surface area contributed by atoms with Crippen LogP contribution in [0.25, 0.3) is 11.3 Å². The summed E-state index contributed by atoms with van der Waals surface area (Å²) in [6.07, 6.45) is 0.571. The van der Waals surface area contributed by atoms with E-state index in [2.05, 4.69) is 19.9 Å². The number of benzene rings is 1. The normalized spacial score (nSPS) is 13.1. The molecule has 142 valence electrons. The number of hydrogen-bond donors (Lipinski definition) is 1. The zero-order valence-corrected chi connectivity index (χ0v) is 15.1. The Morgan fingerprint density at radius 2 is 1.96 bits per heavy atom. The van der Waals surface area contributed by atoms with Gasteiger partial charge in [-0.25, -0.2) is 9.18 Å². The van der Waals surface area contributed by atoms with Crippen LogP contribution in [0.15, 0.2) is 42.5 Å². The highest BCUT2D eigenvalue weighted by Crippen LogP contribution is 2.24. The summed E-state index contributed by atoms with van der Waals surface area (Å²) in [4.78, 5) is 28.8. The van der Waals surface area contributed by atoms with Crippen LogP contribution in [0.3, 0.4) is 0 Å². The molecule has 0 saturated carbocycles. The number of methoxy groups -OCH3 is 1. The summed E-state index contributed by atoms with van der Waals surface area (Å²) in [5.41, 5.74) is 3.42. The van der Waals surface area contributed by atoms with Crippen LogP contribution in [0.1, 0.15) is 32.2 Å². The van der Waals surface area contributed by atoms with Crippen LogP contribution in [0, 0.1) is 5.82 Å². The maximum Gasteiger partial charge on any atom is 0.354 e. The summed E-state index contributed by atoms with van der Waals surface area (Å²) in [6, 6.07) is 11.1. The predicted octanol–water partition coefficient (Wildman–Crippen LogP) is 2.60. The number of fused-ring (bicyclic) bond motifs is 1. The summed E-state index contributed by atoms with van der Waals surface area (Å²) < 4.78 is 18.1. The van der Waals surface area contributed by atoms with Crippen LogP contribution in [-0.2, 0) is 17.7 Å². The lowest BCUT2D eigenvalue weighted by Crippen LogP contribution is -2.36. The van der Waals surface area contributed by atoms with Gasteiger partial charge in [0.25, 0.3) is 5.91 Å². The monoisotopic (exact) mass is 380 g/mol. The summed E-state index contributed by atoms with van der Waals surface area (Å²) in [7, 11) is 1.28. The maximum absolute atomic E-state index is 13.5. The molecule has 0 spiro atoms. The molecule has 0 atom stereocenters. The fourth-order valence-electron chi connectivity index (χ4n) is 3.21. The van der Waals surface area contributed by atoms with Gasteiger partial charge in [-0.2, -0.15) is 10.2 Å². The van der Waals surface area contributed by atoms with E-state index in [4.69, 9.17) is 0 Å². The number of ether oxygens (including phenoxy) is 1. The quantitative estimate of drug-likeness (QED) is 0.706. The largest absolute Gasteiger partial charge is 0.464 e. The number of rotatable bonds is 3. The topological polar surface area (TPSA) is 88.2 Å². The van der Waals surface area contributed by atoms with Gasteiger partial charge in [0.05, 0.1) is 18.5 Å². The molecule has 8 heteroatoms. The molecule has 0 unspecified atom stereocenters. The number of amides is 1. The molecule has 0 saturated heterocycles. The summed E-state index contributed by atoms with van der Waals surface area (Å²) in [5, 5.41) is 8.44. The Labute approximate surface area is 160 Å². The Balaban J connectivity index is 1.57. The zero-order valence-electron chi connectivity index (χ0n) is 15.1. The van der Waals surface area contributed by atoms with Crippen LogP contribution in [0.5, 0.6) is 0 Å². The number of carbonyl (C=O) groups excluding carboxylic acids is 2. The molecule has 0 radical (unpaired) electrons. The Hall–Kier alpha value is -3.55. The van der Waals surface area contributed by atoms with Gasteiger partial charge in [0.1, 0.15) is 17.2 Å². The van der Waals surface area contributed by atoms with Gasteiger partial charge < -0.3 is 14.6 Å². The van der Waals surface area contributed by atoms with E-state index in [1.165, 1.54) is 25.3 Å². The van der Waals surface area contributed by atoms with Gasteiger partial charge in [-0.05, 0) is 35.9 Å². The SMILES string of the molecule is COC(=O)c1ccc(C(=O)N2CCc3nnc(-c4cccc(F)c4)cc3C2)[nH]1. The van der Waals surface area contributed by atoms with E-state index >= 15 is 0 Å². The molecule has 7 nitrogen and oxygen atoms in total. The second-order valence-corrected chi connectivity index (χ2v) is 6.47. The molecule has 1 aliphatic heterocycles. The lowest BCUT2D eigenvalue weighted by Gasteiger charge is -2.27. The van der Waals surface area contributed by atoms with Crippen molar-refractivity contribution in [2.45, 2.75) is 13.0 Å². The first-order chi connectivity index (χ1) is 13.5.